The first-order valence-electron chi connectivity index (χ1n) is 7.04. The third-order valence-electron chi connectivity index (χ3n) is 3.51. The van der Waals surface area contributed by atoms with Crippen molar-refractivity contribution in [2.45, 2.75) is 13.8 Å². The number of carbonyl (C=O) groups excluding carboxylic acids is 1. The van der Waals surface area contributed by atoms with Gasteiger partial charge in [-0.2, -0.15) is 0 Å². The topological polar surface area (TPSA) is 42.1 Å². The number of hydrogen-bond donors (Lipinski definition) is 1. The van der Waals surface area contributed by atoms with Crippen LogP contribution < -0.4 is 4.74 Å². The van der Waals surface area contributed by atoms with E-state index in [2.05, 4.69) is 4.98 Å². The Morgan fingerprint density at radius 2 is 1.90 bits per heavy atom. The highest BCUT2D eigenvalue weighted by Crippen LogP contribution is 2.23. The van der Waals surface area contributed by atoms with Crippen LogP contribution in [0.5, 0.6) is 5.75 Å². The number of nitrogens with one attached hydrogen (secondary N) is 1. The molecule has 0 aliphatic rings. The average Bonchev–Trinajstić information content (AvgIpc) is 2.90. The normalized spacial score (nSPS) is 10.8. The average molecular weight is 279 g/mol. The summed E-state index contributed by atoms with van der Waals surface area (Å²) in [6.45, 7) is 4.59. The second-order valence-corrected chi connectivity index (χ2v) is 5.04. The fraction of sp³-hybridized carbons (Fsp3) is 0.167. The summed E-state index contributed by atoms with van der Waals surface area (Å²) in [5.74, 6) is 0.803. The van der Waals surface area contributed by atoms with Gasteiger partial charge in [0.1, 0.15) is 5.75 Å². The highest BCUT2D eigenvalue weighted by Gasteiger charge is 2.14. The molecule has 2 aromatic carbocycles. The van der Waals surface area contributed by atoms with Gasteiger partial charge in [0.05, 0.1) is 6.61 Å². The number of aryl methyl sites for hydroxylation is 1. The number of hydrogen-bond acceptors (Lipinski definition) is 2. The maximum absolute atomic E-state index is 12.6. The number of ether oxygens (including phenoxy) is 1. The molecule has 21 heavy (non-hydrogen) atoms. The summed E-state index contributed by atoms with van der Waals surface area (Å²) in [6.07, 6.45) is 1.78. The fourth-order valence-corrected chi connectivity index (χ4v) is 2.45. The van der Waals surface area contributed by atoms with Crippen LogP contribution in [0, 0.1) is 6.92 Å². The van der Waals surface area contributed by atoms with Crippen molar-refractivity contribution in [3.05, 3.63) is 65.4 Å². The van der Waals surface area contributed by atoms with E-state index >= 15 is 0 Å². The van der Waals surface area contributed by atoms with Gasteiger partial charge in [-0.15, -0.1) is 0 Å². The van der Waals surface area contributed by atoms with E-state index < -0.39 is 0 Å². The molecule has 1 N–H and O–H groups in total. The first-order valence-corrected chi connectivity index (χ1v) is 7.04. The van der Waals surface area contributed by atoms with E-state index in [4.69, 9.17) is 4.74 Å². The minimum Gasteiger partial charge on any atom is -0.494 e. The molecule has 0 bridgehead atoms. The van der Waals surface area contributed by atoms with Gasteiger partial charge in [0.2, 0.25) is 0 Å². The molecule has 0 radical (unpaired) electrons. The summed E-state index contributed by atoms with van der Waals surface area (Å²) in [4.78, 5) is 15.8. The quantitative estimate of drug-likeness (QED) is 0.730. The monoisotopic (exact) mass is 279 g/mol. The molecule has 3 aromatic rings. The molecule has 1 heterocycles. The van der Waals surface area contributed by atoms with E-state index in [0.29, 0.717) is 17.7 Å². The fourth-order valence-electron chi connectivity index (χ4n) is 2.45. The maximum Gasteiger partial charge on any atom is 0.195 e. The Balaban J connectivity index is 1.96. The molecule has 0 aliphatic carbocycles. The summed E-state index contributed by atoms with van der Waals surface area (Å²) in [6, 6.07) is 13.3. The Labute approximate surface area is 123 Å². The molecule has 1 aromatic heterocycles. The molecule has 3 heteroatoms. The molecule has 0 aliphatic heterocycles. The number of benzene rings is 2. The van der Waals surface area contributed by atoms with Crippen LogP contribution in [0.2, 0.25) is 0 Å². The van der Waals surface area contributed by atoms with Crippen molar-refractivity contribution in [2.24, 2.45) is 0 Å². The van der Waals surface area contributed by atoms with Gasteiger partial charge in [-0.25, -0.2) is 0 Å². The predicted molar refractivity (Wildman–Crippen MR) is 84.1 cm³/mol. The smallest absolute Gasteiger partial charge is 0.195 e. The van der Waals surface area contributed by atoms with E-state index in [1.165, 1.54) is 5.56 Å². The minimum atomic E-state index is 0.0214. The van der Waals surface area contributed by atoms with E-state index in [1.54, 1.807) is 18.3 Å². The number of aromatic amines is 1. The zero-order chi connectivity index (χ0) is 14.8. The van der Waals surface area contributed by atoms with Crippen LogP contribution in [0.1, 0.15) is 28.4 Å². The summed E-state index contributed by atoms with van der Waals surface area (Å²) in [5, 5.41) is 0.958. The van der Waals surface area contributed by atoms with Crippen LogP contribution in [-0.2, 0) is 0 Å². The molecule has 0 amide bonds. The Morgan fingerprint density at radius 1 is 1.14 bits per heavy atom. The second-order valence-electron chi connectivity index (χ2n) is 5.04. The number of rotatable bonds is 4. The molecule has 0 saturated carbocycles. The van der Waals surface area contributed by atoms with Crippen molar-refractivity contribution in [3.8, 4) is 5.75 Å². The molecule has 0 unspecified atom stereocenters. The number of fused-ring (bicyclic) bond motifs is 1. The van der Waals surface area contributed by atoms with Crippen LogP contribution in [0.3, 0.4) is 0 Å². The van der Waals surface area contributed by atoms with Gasteiger partial charge >= 0.3 is 0 Å². The largest absolute Gasteiger partial charge is 0.494 e. The molecule has 0 saturated heterocycles. The third-order valence-corrected chi connectivity index (χ3v) is 3.51. The summed E-state index contributed by atoms with van der Waals surface area (Å²) in [7, 11) is 0. The van der Waals surface area contributed by atoms with Crippen molar-refractivity contribution in [2.75, 3.05) is 6.61 Å². The van der Waals surface area contributed by atoms with Crippen molar-refractivity contribution < 1.29 is 9.53 Å². The van der Waals surface area contributed by atoms with Crippen molar-refractivity contribution in [1.29, 1.82) is 0 Å². The lowest BCUT2D eigenvalue weighted by Crippen LogP contribution is -2.00. The first kappa shape index (κ1) is 13.4. The van der Waals surface area contributed by atoms with Gasteiger partial charge in [0.25, 0.3) is 0 Å². The van der Waals surface area contributed by atoms with Crippen molar-refractivity contribution in [3.63, 3.8) is 0 Å². The van der Waals surface area contributed by atoms with Gasteiger partial charge in [-0.05, 0) is 49.7 Å². The molecular weight excluding hydrogens is 262 g/mol. The van der Waals surface area contributed by atoms with Crippen LogP contribution >= 0.6 is 0 Å². The van der Waals surface area contributed by atoms with Gasteiger partial charge in [-0.1, -0.05) is 12.1 Å². The standard InChI is InChI=1S/C18H17NO2/c1-3-21-14-7-5-13(6-8-14)18(20)16-11-19-17-10-12(2)4-9-15(16)17/h4-11,19H,3H2,1-2H3. The molecule has 106 valence electrons. The summed E-state index contributed by atoms with van der Waals surface area (Å²) < 4.78 is 5.40. The van der Waals surface area contributed by atoms with Crippen molar-refractivity contribution >= 4 is 16.7 Å². The van der Waals surface area contributed by atoms with Gasteiger partial charge in [0, 0.05) is 28.2 Å². The molecular formula is C18H17NO2. The van der Waals surface area contributed by atoms with E-state index in [-0.39, 0.29) is 5.78 Å². The van der Waals surface area contributed by atoms with Crippen LogP contribution in [-0.4, -0.2) is 17.4 Å². The van der Waals surface area contributed by atoms with Crippen LogP contribution in [0.25, 0.3) is 10.9 Å². The van der Waals surface area contributed by atoms with E-state index in [0.717, 1.165) is 16.7 Å². The number of carbonyl (C=O) groups is 1. The Bertz CT molecular complexity index is 785. The Hall–Kier alpha value is -2.55. The van der Waals surface area contributed by atoms with Gasteiger partial charge in [0.15, 0.2) is 5.78 Å². The summed E-state index contributed by atoms with van der Waals surface area (Å²) in [5.41, 5.74) is 3.53. The molecule has 3 rings (SSSR count). The zero-order valence-electron chi connectivity index (χ0n) is 12.1. The van der Waals surface area contributed by atoms with E-state index in [1.807, 2.05) is 44.2 Å². The summed E-state index contributed by atoms with van der Waals surface area (Å²) >= 11 is 0. The van der Waals surface area contributed by atoms with Crippen molar-refractivity contribution in [1.82, 2.24) is 4.98 Å². The minimum absolute atomic E-state index is 0.0214. The maximum atomic E-state index is 12.6. The zero-order valence-corrected chi connectivity index (χ0v) is 12.1. The number of aromatic nitrogens is 1. The SMILES string of the molecule is CCOc1ccc(C(=O)c2c[nH]c3cc(C)ccc23)cc1. The molecule has 3 nitrogen and oxygen atoms in total. The van der Waals surface area contributed by atoms with Gasteiger partial charge in [-0.3, -0.25) is 4.79 Å². The van der Waals surface area contributed by atoms with E-state index in [9.17, 15) is 4.79 Å². The Kier molecular flexibility index (Phi) is 3.48. The molecule has 0 fully saturated rings. The molecule has 0 atom stereocenters. The Morgan fingerprint density at radius 3 is 2.62 bits per heavy atom. The predicted octanol–water partition coefficient (Wildman–Crippen LogP) is 4.11. The lowest BCUT2D eigenvalue weighted by Gasteiger charge is -2.04. The first-order chi connectivity index (χ1) is 10.2. The lowest BCUT2D eigenvalue weighted by atomic mass is 10.0. The highest BCUT2D eigenvalue weighted by atomic mass is 16.5. The van der Waals surface area contributed by atoms with Crippen LogP contribution in [0.4, 0.5) is 0 Å². The number of H-pyrrole nitrogens is 1. The molecule has 0 spiro atoms. The number of ketones is 1. The third kappa shape index (κ3) is 2.55. The van der Waals surface area contributed by atoms with Gasteiger partial charge < -0.3 is 9.72 Å². The second kappa shape index (κ2) is 5.44. The lowest BCUT2D eigenvalue weighted by molar-refractivity contribution is 0.104. The van der Waals surface area contributed by atoms with Crippen LogP contribution in [0.15, 0.2) is 48.7 Å². The highest BCUT2D eigenvalue weighted by molar-refractivity contribution is 6.16.